The number of carbonyl (C=O) groups is 5. The highest BCUT2D eigenvalue weighted by atomic mass is 16.4. The molecule has 4 unspecified atom stereocenters. The predicted octanol–water partition coefficient (Wildman–Crippen LogP) is -2.15. The zero-order chi connectivity index (χ0) is 26.1. The van der Waals surface area contributed by atoms with Gasteiger partial charge in [-0.3, -0.25) is 19.2 Å². The number of aliphatic carboxylic acids is 1. The van der Waals surface area contributed by atoms with Gasteiger partial charge in [0.05, 0.1) is 6.61 Å². The smallest absolute Gasteiger partial charge is 0.326 e. The van der Waals surface area contributed by atoms with Crippen molar-refractivity contribution in [1.29, 1.82) is 0 Å². The molecule has 0 saturated heterocycles. The van der Waals surface area contributed by atoms with E-state index in [0.29, 0.717) is 5.56 Å². The summed E-state index contributed by atoms with van der Waals surface area (Å²) in [5.41, 5.74) is 12.0. The molecule has 1 aromatic carbocycles. The minimum absolute atomic E-state index is 0.0346. The van der Waals surface area contributed by atoms with Gasteiger partial charge in [0.25, 0.3) is 0 Å². The lowest BCUT2D eigenvalue weighted by atomic mass is 10.0. The van der Waals surface area contributed by atoms with Crippen LogP contribution in [0.3, 0.4) is 0 Å². The lowest BCUT2D eigenvalue weighted by Crippen LogP contribution is -2.57. The Morgan fingerprint density at radius 3 is 2.29 bits per heavy atom. The predicted molar refractivity (Wildman–Crippen MR) is 125 cm³/mol. The number of carboxylic acids is 1. The minimum Gasteiger partial charge on any atom is -0.480 e. The highest BCUT2D eigenvalue weighted by Gasteiger charge is 2.29. The molecule has 0 aliphatic carbocycles. The van der Waals surface area contributed by atoms with Gasteiger partial charge in [0.15, 0.2) is 0 Å². The van der Waals surface area contributed by atoms with E-state index in [1.165, 1.54) is 6.92 Å². The molecule has 0 spiro atoms. The third kappa shape index (κ3) is 7.79. The molecule has 4 amide bonds. The van der Waals surface area contributed by atoms with Gasteiger partial charge >= 0.3 is 5.97 Å². The maximum Gasteiger partial charge on any atom is 0.326 e. The fourth-order valence-electron chi connectivity index (χ4n) is 3.31. The van der Waals surface area contributed by atoms with Crippen LogP contribution in [0.1, 0.15) is 25.3 Å². The molecule has 0 aliphatic heterocycles. The number of H-pyrrole nitrogens is 1. The van der Waals surface area contributed by atoms with Crippen molar-refractivity contribution in [3.05, 3.63) is 36.0 Å². The molecule has 190 valence electrons. The minimum atomic E-state index is -1.32. The number of benzene rings is 1. The van der Waals surface area contributed by atoms with Gasteiger partial charge in [-0.15, -0.1) is 0 Å². The Morgan fingerprint density at radius 1 is 1.00 bits per heavy atom. The molecule has 35 heavy (non-hydrogen) atoms. The van der Waals surface area contributed by atoms with Gasteiger partial charge in [0.2, 0.25) is 23.6 Å². The first kappa shape index (κ1) is 27.3. The van der Waals surface area contributed by atoms with Gasteiger partial charge in [-0.05, 0) is 25.0 Å². The van der Waals surface area contributed by atoms with Crippen LogP contribution in [-0.2, 0) is 30.4 Å². The van der Waals surface area contributed by atoms with Crippen molar-refractivity contribution in [3.8, 4) is 0 Å². The summed E-state index contributed by atoms with van der Waals surface area (Å²) in [5, 5.41) is 26.5. The largest absolute Gasteiger partial charge is 0.480 e. The Kier molecular flexibility index (Phi) is 9.73. The number of aliphatic hydroxyl groups is 1. The third-order valence-electron chi connectivity index (χ3n) is 5.31. The Hall–Kier alpha value is -3.97. The van der Waals surface area contributed by atoms with Crippen molar-refractivity contribution in [1.82, 2.24) is 20.9 Å². The van der Waals surface area contributed by atoms with Crippen LogP contribution < -0.4 is 27.4 Å². The standard InChI is InChI=1S/C22H30N6O7/c1-11(26-20(32)14(23)10-29)19(31)27-16(6-7-18(24)30)21(33)28-17(22(34)35)8-12-9-25-15-5-3-2-4-13(12)15/h2-5,9,11,14,16-17,25,29H,6-8,10,23H2,1H3,(H2,24,30)(H,26,32)(H,27,31)(H,28,33)(H,34,35). The summed E-state index contributed by atoms with van der Waals surface area (Å²) < 4.78 is 0. The topological polar surface area (TPSA) is 230 Å². The van der Waals surface area contributed by atoms with Crippen LogP contribution in [0, 0.1) is 0 Å². The van der Waals surface area contributed by atoms with E-state index in [1.807, 2.05) is 18.2 Å². The van der Waals surface area contributed by atoms with Crippen LogP contribution in [0.5, 0.6) is 0 Å². The van der Waals surface area contributed by atoms with E-state index in [2.05, 4.69) is 20.9 Å². The van der Waals surface area contributed by atoms with Gasteiger partial charge in [0, 0.05) is 29.9 Å². The number of nitrogens with one attached hydrogen (secondary N) is 4. The van der Waals surface area contributed by atoms with Gasteiger partial charge in [-0.25, -0.2) is 4.79 Å². The summed E-state index contributed by atoms with van der Waals surface area (Å²) in [6.07, 6.45) is 1.17. The molecule has 0 aliphatic rings. The first-order valence-electron chi connectivity index (χ1n) is 10.9. The number of carbonyl (C=O) groups excluding carboxylic acids is 4. The highest BCUT2D eigenvalue weighted by Crippen LogP contribution is 2.19. The quantitative estimate of drug-likeness (QED) is 0.154. The zero-order valence-electron chi connectivity index (χ0n) is 19.1. The molecule has 0 saturated carbocycles. The van der Waals surface area contributed by atoms with Crippen molar-refractivity contribution in [2.24, 2.45) is 11.5 Å². The van der Waals surface area contributed by atoms with Crippen LogP contribution in [0.4, 0.5) is 0 Å². The summed E-state index contributed by atoms with van der Waals surface area (Å²) in [6, 6.07) is 2.28. The molecular weight excluding hydrogens is 460 g/mol. The van der Waals surface area contributed by atoms with Crippen molar-refractivity contribution in [3.63, 3.8) is 0 Å². The van der Waals surface area contributed by atoms with Crippen LogP contribution in [-0.4, -0.2) is 75.6 Å². The van der Waals surface area contributed by atoms with Crippen molar-refractivity contribution >= 4 is 40.5 Å². The number of primary amides is 1. The van der Waals surface area contributed by atoms with E-state index in [1.54, 1.807) is 12.3 Å². The van der Waals surface area contributed by atoms with E-state index in [-0.39, 0.29) is 19.3 Å². The molecule has 10 N–H and O–H groups in total. The van der Waals surface area contributed by atoms with Crippen molar-refractivity contribution in [2.45, 2.75) is 50.4 Å². The lowest BCUT2D eigenvalue weighted by Gasteiger charge is -2.23. The van der Waals surface area contributed by atoms with Gasteiger partial charge in [-0.1, -0.05) is 18.2 Å². The zero-order valence-corrected chi connectivity index (χ0v) is 19.1. The third-order valence-corrected chi connectivity index (χ3v) is 5.31. The van der Waals surface area contributed by atoms with Crippen LogP contribution >= 0.6 is 0 Å². The van der Waals surface area contributed by atoms with Crippen LogP contribution in [0.2, 0.25) is 0 Å². The molecule has 1 aromatic heterocycles. The molecule has 13 heteroatoms. The van der Waals surface area contributed by atoms with E-state index < -0.39 is 60.4 Å². The molecule has 1 heterocycles. The maximum absolute atomic E-state index is 12.9. The number of rotatable bonds is 13. The van der Waals surface area contributed by atoms with Gasteiger partial charge < -0.3 is 42.6 Å². The number of amides is 4. The molecule has 2 aromatic rings. The number of aliphatic hydroxyl groups excluding tert-OH is 1. The Morgan fingerprint density at radius 2 is 1.66 bits per heavy atom. The molecule has 0 fully saturated rings. The number of fused-ring (bicyclic) bond motifs is 1. The summed E-state index contributed by atoms with van der Waals surface area (Å²) in [4.78, 5) is 63.4. The first-order chi connectivity index (χ1) is 16.5. The number of nitrogens with two attached hydrogens (primary N) is 2. The number of carboxylic acid groups (broad SMARTS) is 1. The average Bonchev–Trinajstić information content (AvgIpc) is 3.22. The molecule has 0 bridgehead atoms. The van der Waals surface area contributed by atoms with Gasteiger partial charge in [0.1, 0.15) is 24.2 Å². The molecule has 4 atom stereocenters. The van der Waals surface area contributed by atoms with E-state index in [0.717, 1.165) is 10.9 Å². The number of aromatic nitrogens is 1. The van der Waals surface area contributed by atoms with E-state index in [9.17, 15) is 29.1 Å². The monoisotopic (exact) mass is 490 g/mol. The van der Waals surface area contributed by atoms with Crippen LogP contribution in [0.15, 0.2) is 30.5 Å². The second-order valence-corrected chi connectivity index (χ2v) is 8.05. The average molecular weight is 491 g/mol. The number of aromatic amines is 1. The summed E-state index contributed by atoms with van der Waals surface area (Å²) >= 11 is 0. The van der Waals surface area contributed by atoms with Crippen molar-refractivity contribution < 1.29 is 34.2 Å². The van der Waals surface area contributed by atoms with Gasteiger partial charge in [-0.2, -0.15) is 0 Å². The molecule has 13 nitrogen and oxygen atoms in total. The number of hydrogen-bond acceptors (Lipinski definition) is 7. The normalized spacial score (nSPS) is 14.4. The second-order valence-electron chi connectivity index (χ2n) is 8.05. The fourth-order valence-corrected chi connectivity index (χ4v) is 3.31. The Labute approximate surface area is 200 Å². The first-order valence-corrected chi connectivity index (χ1v) is 10.9. The molecule has 2 rings (SSSR count). The second kappa shape index (κ2) is 12.5. The Bertz CT molecular complexity index is 1090. The summed E-state index contributed by atoms with van der Waals surface area (Å²) in [7, 11) is 0. The summed E-state index contributed by atoms with van der Waals surface area (Å²) in [5.74, 6) is -4.41. The number of hydrogen-bond donors (Lipinski definition) is 8. The Balaban J connectivity index is 2.12. The van der Waals surface area contributed by atoms with E-state index in [4.69, 9.17) is 16.6 Å². The maximum atomic E-state index is 12.9. The van der Waals surface area contributed by atoms with Crippen molar-refractivity contribution in [2.75, 3.05) is 6.61 Å². The van der Waals surface area contributed by atoms with E-state index >= 15 is 0 Å². The highest BCUT2D eigenvalue weighted by molar-refractivity contribution is 5.94. The molecule has 0 radical (unpaired) electrons. The SMILES string of the molecule is CC(NC(=O)C(N)CO)C(=O)NC(CCC(N)=O)C(=O)NC(Cc1c[nH]c2ccccc12)C(=O)O. The fraction of sp³-hybridized carbons (Fsp3) is 0.409. The molecular formula is C22H30N6O7. The summed E-state index contributed by atoms with van der Waals surface area (Å²) in [6.45, 7) is 0.703. The lowest BCUT2D eigenvalue weighted by molar-refractivity contribution is -0.142. The number of para-hydroxylation sites is 1. The van der Waals surface area contributed by atoms with Crippen LogP contribution in [0.25, 0.3) is 10.9 Å².